The van der Waals surface area contributed by atoms with Crippen molar-refractivity contribution in [1.82, 2.24) is 5.32 Å². The molecule has 3 aromatic rings. The van der Waals surface area contributed by atoms with Crippen molar-refractivity contribution in [3.63, 3.8) is 0 Å². The molecule has 0 atom stereocenters. The summed E-state index contributed by atoms with van der Waals surface area (Å²) in [6, 6.07) is 17.3. The van der Waals surface area contributed by atoms with Gasteiger partial charge >= 0.3 is 0 Å². The monoisotopic (exact) mass is 448 g/mol. The van der Waals surface area contributed by atoms with Crippen molar-refractivity contribution in [2.24, 2.45) is 0 Å². The maximum atomic E-state index is 13.3. The van der Waals surface area contributed by atoms with Crippen LogP contribution in [0, 0.1) is 9.39 Å². The Balaban J connectivity index is 1.66. The minimum absolute atomic E-state index is 0.200. The zero-order valence-corrected chi connectivity index (χ0v) is 15.2. The number of fused-ring (bicyclic) bond motifs is 1. The quantitative estimate of drug-likeness (QED) is 0.594. The van der Waals surface area contributed by atoms with Crippen LogP contribution in [-0.4, -0.2) is 18.4 Å². The normalized spacial score (nSPS) is 10.5. The van der Waals surface area contributed by atoms with Crippen LogP contribution in [0.25, 0.3) is 10.8 Å². The molecule has 0 saturated heterocycles. The predicted molar refractivity (Wildman–Crippen MR) is 104 cm³/mol. The van der Waals surface area contributed by atoms with Crippen molar-refractivity contribution >= 4 is 50.9 Å². The first kappa shape index (κ1) is 17.3. The van der Waals surface area contributed by atoms with Crippen LogP contribution in [0.15, 0.2) is 60.7 Å². The maximum Gasteiger partial charge on any atom is 0.252 e. The number of nitrogens with one attached hydrogen (secondary N) is 2. The van der Waals surface area contributed by atoms with Gasteiger partial charge in [-0.25, -0.2) is 4.39 Å². The molecule has 3 aromatic carbocycles. The first-order valence-corrected chi connectivity index (χ1v) is 8.63. The van der Waals surface area contributed by atoms with Gasteiger partial charge in [-0.15, -0.1) is 0 Å². The second-order valence-electron chi connectivity index (χ2n) is 5.38. The lowest BCUT2D eigenvalue weighted by Gasteiger charge is -2.10. The summed E-state index contributed by atoms with van der Waals surface area (Å²) in [6.07, 6.45) is 0. The summed E-state index contributed by atoms with van der Waals surface area (Å²) in [5.41, 5.74) is 0.885. The van der Waals surface area contributed by atoms with E-state index in [0.717, 1.165) is 16.8 Å². The zero-order chi connectivity index (χ0) is 17.8. The molecule has 0 fully saturated rings. The molecule has 126 valence electrons. The Hall–Kier alpha value is -2.48. The lowest BCUT2D eigenvalue weighted by atomic mass is 10.1. The zero-order valence-electron chi connectivity index (χ0n) is 13.1. The fourth-order valence-corrected chi connectivity index (χ4v) is 3.04. The van der Waals surface area contributed by atoms with Gasteiger partial charge in [0.25, 0.3) is 5.91 Å². The first-order valence-electron chi connectivity index (χ1n) is 7.55. The summed E-state index contributed by atoms with van der Waals surface area (Å²) < 4.78 is 13.9. The number of halogens is 2. The van der Waals surface area contributed by atoms with Gasteiger partial charge in [-0.2, -0.15) is 0 Å². The summed E-state index contributed by atoms with van der Waals surface area (Å²) >= 11 is 1.95. The standard InChI is InChI=1S/C19H14FIN2O2/c20-13-8-9-16(21)15(10-13)19(25)22-11-18(24)23-17-7-3-5-12-4-1-2-6-14(12)17/h1-10H,11H2,(H,22,25)(H,23,24). The van der Waals surface area contributed by atoms with Crippen LogP contribution in [0.4, 0.5) is 10.1 Å². The molecule has 3 rings (SSSR count). The predicted octanol–water partition coefficient (Wildman–Crippen LogP) is 3.95. The average Bonchev–Trinajstić information content (AvgIpc) is 2.62. The van der Waals surface area contributed by atoms with Crippen molar-refractivity contribution < 1.29 is 14.0 Å². The summed E-state index contributed by atoms with van der Waals surface area (Å²) in [5.74, 6) is -1.33. The van der Waals surface area contributed by atoms with Gasteiger partial charge in [-0.3, -0.25) is 9.59 Å². The molecule has 0 unspecified atom stereocenters. The summed E-state index contributed by atoms with van der Waals surface area (Å²) in [6.45, 7) is -0.200. The summed E-state index contributed by atoms with van der Waals surface area (Å²) in [5, 5.41) is 7.23. The summed E-state index contributed by atoms with van der Waals surface area (Å²) in [7, 11) is 0. The highest BCUT2D eigenvalue weighted by atomic mass is 127. The lowest BCUT2D eigenvalue weighted by molar-refractivity contribution is -0.115. The molecule has 0 bridgehead atoms. The van der Waals surface area contributed by atoms with Gasteiger partial charge in [-0.05, 0) is 52.2 Å². The third kappa shape index (κ3) is 4.14. The van der Waals surface area contributed by atoms with Gasteiger partial charge in [0.2, 0.25) is 5.91 Å². The largest absolute Gasteiger partial charge is 0.343 e. The number of rotatable bonds is 4. The molecule has 0 spiro atoms. The number of hydrogen-bond donors (Lipinski definition) is 2. The Morgan fingerprint density at radius 3 is 2.60 bits per heavy atom. The number of carbonyl (C=O) groups is 2. The Labute approximate surface area is 157 Å². The van der Waals surface area contributed by atoms with Gasteiger partial charge in [0.05, 0.1) is 12.1 Å². The van der Waals surface area contributed by atoms with Crippen molar-refractivity contribution in [2.75, 3.05) is 11.9 Å². The van der Waals surface area contributed by atoms with E-state index in [2.05, 4.69) is 10.6 Å². The number of hydrogen-bond acceptors (Lipinski definition) is 2. The van der Waals surface area contributed by atoms with Gasteiger partial charge in [0.15, 0.2) is 0 Å². The molecule has 0 aliphatic carbocycles. The van der Waals surface area contributed by atoms with E-state index in [1.807, 2.05) is 59.0 Å². The van der Waals surface area contributed by atoms with Crippen molar-refractivity contribution in [3.05, 3.63) is 75.6 Å². The van der Waals surface area contributed by atoms with Crippen LogP contribution >= 0.6 is 22.6 Å². The number of amides is 2. The van der Waals surface area contributed by atoms with E-state index in [0.29, 0.717) is 9.26 Å². The topological polar surface area (TPSA) is 58.2 Å². The summed E-state index contributed by atoms with van der Waals surface area (Å²) in [4.78, 5) is 24.3. The molecule has 0 aliphatic rings. The molecule has 25 heavy (non-hydrogen) atoms. The second kappa shape index (κ2) is 7.60. The molecule has 0 saturated carbocycles. The van der Waals surface area contributed by atoms with Gasteiger partial charge in [0, 0.05) is 14.6 Å². The van der Waals surface area contributed by atoms with Crippen LogP contribution in [-0.2, 0) is 4.79 Å². The molecule has 4 nitrogen and oxygen atoms in total. The first-order chi connectivity index (χ1) is 12.0. The minimum atomic E-state index is -0.495. The highest BCUT2D eigenvalue weighted by Crippen LogP contribution is 2.22. The second-order valence-corrected chi connectivity index (χ2v) is 6.54. The van der Waals surface area contributed by atoms with E-state index >= 15 is 0 Å². The van der Waals surface area contributed by atoms with E-state index in [1.165, 1.54) is 12.1 Å². The van der Waals surface area contributed by atoms with E-state index < -0.39 is 11.7 Å². The van der Waals surface area contributed by atoms with Crippen molar-refractivity contribution in [1.29, 1.82) is 0 Å². The van der Waals surface area contributed by atoms with Crippen molar-refractivity contribution in [3.8, 4) is 0 Å². The van der Waals surface area contributed by atoms with E-state index in [9.17, 15) is 14.0 Å². The van der Waals surface area contributed by atoms with Crippen LogP contribution in [0.2, 0.25) is 0 Å². The SMILES string of the molecule is O=C(CNC(=O)c1cc(F)ccc1I)Nc1cccc2ccccc12. The van der Waals surface area contributed by atoms with Gasteiger partial charge in [-0.1, -0.05) is 36.4 Å². The van der Waals surface area contributed by atoms with E-state index in [-0.39, 0.29) is 18.0 Å². The molecule has 0 heterocycles. The highest BCUT2D eigenvalue weighted by molar-refractivity contribution is 14.1. The Bertz CT molecular complexity index is 954. The average molecular weight is 448 g/mol. The molecular formula is C19H14FIN2O2. The van der Waals surface area contributed by atoms with Crippen LogP contribution in [0.5, 0.6) is 0 Å². The molecular weight excluding hydrogens is 434 g/mol. The molecule has 2 amide bonds. The van der Waals surface area contributed by atoms with Crippen LogP contribution in [0.3, 0.4) is 0 Å². The molecule has 0 radical (unpaired) electrons. The van der Waals surface area contributed by atoms with Gasteiger partial charge in [0.1, 0.15) is 5.82 Å². The number of carbonyl (C=O) groups excluding carboxylic acids is 2. The van der Waals surface area contributed by atoms with Crippen molar-refractivity contribution in [2.45, 2.75) is 0 Å². The minimum Gasteiger partial charge on any atom is -0.343 e. The third-order valence-corrected chi connectivity index (χ3v) is 4.59. The Morgan fingerprint density at radius 2 is 1.76 bits per heavy atom. The highest BCUT2D eigenvalue weighted by Gasteiger charge is 2.13. The van der Waals surface area contributed by atoms with Gasteiger partial charge < -0.3 is 10.6 Å². The molecule has 2 N–H and O–H groups in total. The molecule has 0 aromatic heterocycles. The van der Waals surface area contributed by atoms with E-state index in [1.54, 1.807) is 6.07 Å². The Morgan fingerprint density at radius 1 is 1.00 bits per heavy atom. The third-order valence-electron chi connectivity index (χ3n) is 3.65. The maximum absolute atomic E-state index is 13.3. The number of benzene rings is 3. The van der Waals surface area contributed by atoms with Crippen LogP contribution in [0.1, 0.15) is 10.4 Å². The lowest BCUT2D eigenvalue weighted by Crippen LogP contribution is -2.33. The number of anilines is 1. The van der Waals surface area contributed by atoms with Crippen LogP contribution < -0.4 is 10.6 Å². The molecule has 6 heteroatoms. The van der Waals surface area contributed by atoms with E-state index in [4.69, 9.17) is 0 Å². The molecule has 0 aliphatic heterocycles. The fraction of sp³-hybridized carbons (Fsp3) is 0.0526. The Kier molecular flexibility index (Phi) is 5.28. The fourth-order valence-electron chi connectivity index (χ4n) is 2.46. The smallest absolute Gasteiger partial charge is 0.252 e.